The summed E-state index contributed by atoms with van der Waals surface area (Å²) in [6, 6.07) is 6.33. The molecule has 122 valence electrons. The standard InChI is InChI=1S/C16H24FN3O2/c1-13(21)20(11-10-19(2)3)9-8-16(22)18-12-14-6-4-5-7-15(14)17/h4-7H,8-12H2,1-3H3,(H,18,22). The first-order chi connectivity index (χ1) is 10.4. The minimum Gasteiger partial charge on any atom is -0.352 e. The van der Waals surface area contributed by atoms with Gasteiger partial charge in [0, 0.05) is 45.1 Å². The van der Waals surface area contributed by atoms with Crippen molar-refractivity contribution in [2.45, 2.75) is 19.9 Å². The van der Waals surface area contributed by atoms with Crippen LogP contribution in [-0.4, -0.2) is 55.3 Å². The van der Waals surface area contributed by atoms with Gasteiger partial charge in [0.25, 0.3) is 0 Å². The monoisotopic (exact) mass is 309 g/mol. The lowest BCUT2D eigenvalue weighted by Gasteiger charge is -2.22. The first-order valence-corrected chi connectivity index (χ1v) is 7.30. The van der Waals surface area contributed by atoms with E-state index in [1.165, 1.54) is 13.0 Å². The van der Waals surface area contributed by atoms with Gasteiger partial charge in [-0.15, -0.1) is 0 Å². The number of halogens is 1. The number of hydrogen-bond donors (Lipinski definition) is 1. The van der Waals surface area contributed by atoms with Gasteiger partial charge in [-0.25, -0.2) is 4.39 Å². The topological polar surface area (TPSA) is 52.7 Å². The highest BCUT2D eigenvalue weighted by atomic mass is 19.1. The molecule has 0 spiro atoms. The Morgan fingerprint density at radius 1 is 1.14 bits per heavy atom. The third-order valence-electron chi connectivity index (χ3n) is 3.31. The van der Waals surface area contributed by atoms with Crippen LogP contribution >= 0.6 is 0 Å². The molecule has 0 aliphatic heterocycles. The minimum atomic E-state index is -0.334. The van der Waals surface area contributed by atoms with E-state index >= 15 is 0 Å². The van der Waals surface area contributed by atoms with Crippen molar-refractivity contribution in [2.75, 3.05) is 33.7 Å². The number of rotatable bonds is 8. The van der Waals surface area contributed by atoms with Gasteiger partial charge in [0.1, 0.15) is 5.82 Å². The molecule has 0 atom stereocenters. The summed E-state index contributed by atoms with van der Waals surface area (Å²) >= 11 is 0. The first kappa shape index (κ1) is 18.1. The van der Waals surface area contributed by atoms with Crippen molar-refractivity contribution in [3.05, 3.63) is 35.6 Å². The smallest absolute Gasteiger partial charge is 0.222 e. The fraction of sp³-hybridized carbons (Fsp3) is 0.500. The number of amides is 2. The van der Waals surface area contributed by atoms with E-state index in [4.69, 9.17) is 0 Å². The number of carbonyl (C=O) groups is 2. The average Bonchev–Trinajstić information content (AvgIpc) is 2.45. The predicted octanol–water partition coefficient (Wildman–Crippen LogP) is 1.24. The molecule has 0 saturated heterocycles. The molecule has 2 amide bonds. The molecule has 1 aromatic carbocycles. The van der Waals surface area contributed by atoms with Gasteiger partial charge in [-0.1, -0.05) is 18.2 Å². The molecule has 22 heavy (non-hydrogen) atoms. The van der Waals surface area contributed by atoms with Gasteiger partial charge in [0.05, 0.1) is 0 Å². The van der Waals surface area contributed by atoms with Gasteiger partial charge < -0.3 is 15.1 Å². The van der Waals surface area contributed by atoms with Crippen molar-refractivity contribution in [2.24, 2.45) is 0 Å². The maximum absolute atomic E-state index is 13.4. The molecule has 0 aliphatic rings. The molecule has 0 heterocycles. The van der Waals surface area contributed by atoms with E-state index in [0.29, 0.717) is 18.7 Å². The summed E-state index contributed by atoms with van der Waals surface area (Å²) < 4.78 is 13.4. The summed E-state index contributed by atoms with van der Waals surface area (Å²) in [6.45, 7) is 3.35. The molecule has 1 aromatic rings. The van der Waals surface area contributed by atoms with Gasteiger partial charge in [0.2, 0.25) is 11.8 Å². The zero-order valence-corrected chi connectivity index (χ0v) is 13.4. The summed E-state index contributed by atoms with van der Waals surface area (Å²) in [6.07, 6.45) is 0.210. The van der Waals surface area contributed by atoms with Gasteiger partial charge in [-0.3, -0.25) is 9.59 Å². The van der Waals surface area contributed by atoms with Gasteiger partial charge >= 0.3 is 0 Å². The van der Waals surface area contributed by atoms with Crippen molar-refractivity contribution in [3.63, 3.8) is 0 Å². The van der Waals surface area contributed by atoms with Crippen LogP contribution in [0.3, 0.4) is 0 Å². The molecule has 1 N–H and O–H groups in total. The minimum absolute atomic E-state index is 0.0521. The highest BCUT2D eigenvalue weighted by molar-refractivity contribution is 5.78. The normalized spacial score (nSPS) is 10.6. The third-order valence-corrected chi connectivity index (χ3v) is 3.31. The van der Waals surface area contributed by atoms with Crippen LogP contribution in [0.25, 0.3) is 0 Å². The number of nitrogens with one attached hydrogen (secondary N) is 1. The lowest BCUT2D eigenvalue weighted by atomic mass is 10.2. The van der Waals surface area contributed by atoms with Crippen molar-refractivity contribution in [3.8, 4) is 0 Å². The average molecular weight is 309 g/mol. The second-order valence-electron chi connectivity index (χ2n) is 5.43. The van der Waals surface area contributed by atoms with Crippen LogP contribution in [-0.2, 0) is 16.1 Å². The van der Waals surface area contributed by atoms with Crippen LogP contribution < -0.4 is 5.32 Å². The summed E-state index contributed by atoms with van der Waals surface area (Å²) in [4.78, 5) is 27.0. The molecule has 0 fully saturated rings. The van der Waals surface area contributed by atoms with E-state index in [0.717, 1.165) is 6.54 Å². The number of likely N-dealkylation sites (N-methyl/N-ethyl adjacent to an activating group) is 1. The molecule has 0 saturated carbocycles. The Balaban J connectivity index is 2.37. The Kier molecular flexibility index (Phi) is 7.52. The van der Waals surface area contributed by atoms with E-state index in [9.17, 15) is 14.0 Å². The quantitative estimate of drug-likeness (QED) is 0.786. The predicted molar refractivity (Wildman–Crippen MR) is 83.7 cm³/mol. The fourth-order valence-electron chi connectivity index (χ4n) is 1.91. The van der Waals surface area contributed by atoms with E-state index < -0.39 is 0 Å². The van der Waals surface area contributed by atoms with Crippen molar-refractivity contribution in [1.82, 2.24) is 15.1 Å². The van der Waals surface area contributed by atoms with Crippen LogP contribution in [0, 0.1) is 5.82 Å². The summed E-state index contributed by atoms with van der Waals surface area (Å²) in [5.41, 5.74) is 0.451. The highest BCUT2D eigenvalue weighted by Crippen LogP contribution is 2.05. The molecule has 0 bridgehead atoms. The summed E-state index contributed by atoms with van der Waals surface area (Å²) in [7, 11) is 3.86. The van der Waals surface area contributed by atoms with E-state index in [1.807, 2.05) is 19.0 Å². The Morgan fingerprint density at radius 2 is 1.82 bits per heavy atom. The van der Waals surface area contributed by atoms with E-state index in [1.54, 1.807) is 23.1 Å². The molecule has 0 radical (unpaired) electrons. The van der Waals surface area contributed by atoms with Crippen molar-refractivity contribution < 1.29 is 14.0 Å². The van der Waals surface area contributed by atoms with Crippen molar-refractivity contribution in [1.29, 1.82) is 0 Å². The lowest BCUT2D eigenvalue weighted by molar-refractivity contribution is -0.129. The second-order valence-corrected chi connectivity index (χ2v) is 5.43. The Bertz CT molecular complexity index is 506. The van der Waals surface area contributed by atoms with Gasteiger partial charge in [-0.2, -0.15) is 0 Å². The van der Waals surface area contributed by atoms with Crippen LogP contribution in [0.2, 0.25) is 0 Å². The Morgan fingerprint density at radius 3 is 2.41 bits per heavy atom. The van der Waals surface area contributed by atoms with Gasteiger partial charge in [0.15, 0.2) is 0 Å². The molecule has 6 heteroatoms. The molecular formula is C16H24FN3O2. The Hall–Kier alpha value is -1.95. The molecular weight excluding hydrogens is 285 g/mol. The van der Waals surface area contributed by atoms with Crippen LogP contribution in [0.5, 0.6) is 0 Å². The number of benzene rings is 1. The zero-order valence-electron chi connectivity index (χ0n) is 13.4. The SMILES string of the molecule is CC(=O)N(CCC(=O)NCc1ccccc1F)CCN(C)C. The first-order valence-electron chi connectivity index (χ1n) is 7.30. The molecule has 0 aromatic heterocycles. The molecule has 1 rings (SSSR count). The number of hydrogen-bond acceptors (Lipinski definition) is 3. The van der Waals surface area contributed by atoms with Crippen molar-refractivity contribution >= 4 is 11.8 Å². The zero-order chi connectivity index (χ0) is 16.5. The van der Waals surface area contributed by atoms with Crippen LogP contribution in [0.15, 0.2) is 24.3 Å². The fourth-order valence-corrected chi connectivity index (χ4v) is 1.91. The number of nitrogens with zero attached hydrogens (tertiary/aromatic N) is 2. The Labute approximate surface area is 131 Å². The van der Waals surface area contributed by atoms with Crippen LogP contribution in [0.4, 0.5) is 4.39 Å². The summed E-state index contributed by atoms with van der Waals surface area (Å²) in [5.74, 6) is -0.581. The maximum atomic E-state index is 13.4. The van der Waals surface area contributed by atoms with Crippen LogP contribution in [0.1, 0.15) is 18.9 Å². The second kappa shape index (κ2) is 9.15. The highest BCUT2D eigenvalue weighted by Gasteiger charge is 2.11. The molecule has 0 unspecified atom stereocenters. The van der Waals surface area contributed by atoms with Gasteiger partial charge in [-0.05, 0) is 20.2 Å². The van der Waals surface area contributed by atoms with E-state index in [-0.39, 0.29) is 30.6 Å². The molecule has 5 nitrogen and oxygen atoms in total. The maximum Gasteiger partial charge on any atom is 0.222 e. The summed E-state index contributed by atoms with van der Waals surface area (Å²) in [5, 5.41) is 2.67. The number of carbonyl (C=O) groups excluding carboxylic acids is 2. The third kappa shape index (κ3) is 6.67. The molecule has 0 aliphatic carbocycles. The lowest BCUT2D eigenvalue weighted by Crippen LogP contribution is -2.38. The van der Waals surface area contributed by atoms with E-state index in [2.05, 4.69) is 5.32 Å². The largest absolute Gasteiger partial charge is 0.352 e.